The topological polar surface area (TPSA) is 79.9 Å². The van der Waals surface area contributed by atoms with Gasteiger partial charge < -0.3 is 21.0 Å². The Balaban J connectivity index is 2.81. The van der Waals surface area contributed by atoms with Crippen LogP contribution in [0, 0.1) is 0 Å². The number of alkyl halides is 3. The summed E-state index contributed by atoms with van der Waals surface area (Å²) in [6, 6.07) is 4.63. The van der Waals surface area contributed by atoms with E-state index in [1.165, 1.54) is 19.2 Å². The lowest BCUT2D eigenvalue weighted by molar-refractivity contribution is -0.125. The van der Waals surface area contributed by atoms with Gasteiger partial charge in [-0.25, -0.2) is 0 Å². The van der Waals surface area contributed by atoms with Crippen LogP contribution in [-0.4, -0.2) is 30.9 Å². The van der Waals surface area contributed by atoms with Gasteiger partial charge in [-0.15, -0.1) is 0 Å². The van der Waals surface area contributed by atoms with E-state index in [9.17, 15) is 13.2 Å². The summed E-state index contributed by atoms with van der Waals surface area (Å²) >= 11 is 0. The number of amidine groups is 1. The first kappa shape index (κ1) is 15.1. The summed E-state index contributed by atoms with van der Waals surface area (Å²) < 4.78 is 41.0. The third kappa shape index (κ3) is 4.66. The van der Waals surface area contributed by atoms with Gasteiger partial charge >= 0.3 is 6.18 Å². The lowest BCUT2D eigenvalue weighted by Crippen LogP contribution is -2.28. The largest absolute Gasteiger partial charge is 0.496 e. The zero-order chi connectivity index (χ0) is 14.5. The summed E-state index contributed by atoms with van der Waals surface area (Å²) in [5.41, 5.74) is 6.33. The zero-order valence-electron chi connectivity index (χ0n) is 10.2. The summed E-state index contributed by atoms with van der Waals surface area (Å²) in [7, 11) is 1.41. The Hall–Kier alpha value is -1.96. The number of nitrogens with zero attached hydrogens (tertiary/aromatic N) is 1. The lowest BCUT2D eigenvalue weighted by atomic mass is 10.1. The van der Waals surface area contributed by atoms with Crippen molar-refractivity contribution in [3.8, 4) is 5.75 Å². The van der Waals surface area contributed by atoms with Gasteiger partial charge in [0.2, 0.25) is 0 Å². The molecule has 0 aliphatic carbocycles. The monoisotopic (exact) mass is 277 g/mol. The zero-order valence-corrected chi connectivity index (χ0v) is 10.2. The van der Waals surface area contributed by atoms with Gasteiger partial charge in [0.25, 0.3) is 0 Å². The van der Waals surface area contributed by atoms with Crippen LogP contribution < -0.4 is 15.8 Å². The molecule has 0 aliphatic rings. The van der Waals surface area contributed by atoms with E-state index in [2.05, 4.69) is 10.5 Å². The number of ether oxygens (including phenoxy) is 1. The molecule has 1 aromatic carbocycles. The molecule has 0 aromatic heterocycles. The fourth-order valence-corrected chi connectivity index (χ4v) is 1.47. The molecule has 0 saturated carbocycles. The number of halogens is 3. The lowest BCUT2D eigenvalue weighted by Gasteiger charge is -2.11. The van der Waals surface area contributed by atoms with Gasteiger partial charge in [0.15, 0.2) is 5.84 Å². The Morgan fingerprint density at radius 1 is 1.47 bits per heavy atom. The second-order valence-corrected chi connectivity index (χ2v) is 3.74. The van der Waals surface area contributed by atoms with Crippen LogP contribution in [0.4, 0.5) is 13.2 Å². The fourth-order valence-electron chi connectivity index (χ4n) is 1.47. The van der Waals surface area contributed by atoms with Crippen LogP contribution in [0.5, 0.6) is 5.75 Å². The van der Waals surface area contributed by atoms with Crippen LogP contribution in [-0.2, 0) is 6.54 Å². The summed E-state index contributed by atoms with van der Waals surface area (Å²) in [5, 5.41) is 13.7. The van der Waals surface area contributed by atoms with E-state index >= 15 is 0 Å². The molecule has 0 atom stereocenters. The third-order valence-electron chi connectivity index (χ3n) is 2.30. The van der Waals surface area contributed by atoms with Crippen molar-refractivity contribution in [2.75, 3.05) is 13.7 Å². The van der Waals surface area contributed by atoms with Crippen LogP contribution in [0.25, 0.3) is 0 Å². The average Bonchev–Trinajstić information content (AvgIpc) is 2.36. The minimum Gasteiger partial charge on any atom is -0.496 e. The van der Waals surface area contributed by atoms with Gasteiger partial charge in [-0.2, -0.15) is 13.2 Å². The Morgan fingerprint density at radius 3 is 2.68 bits per heavy atom. The maximum atomic E-state index is 12.0. The standard InChI is InChI=1S/C11H14F3N3O2/c1-19-9-3-2-7(4-8(9)10(15)17-18)5-16-6-11(12,13)14/h2-4,16,18H,5-6H2,1H3,(H2,15,17). The fraction of sp³-hybridized carbons (Fsp3) is 0.364. The van der Waals surface area contributed by atoms with Crippen LogP contribution in [0.2, 0.25) is 0 Å². The predicted octanol–water partition coefficient (Wildman–Crippen LogP) is 1.44. The van der Waals surface area contributed by atoms with Gasteiger partial charge in [0, 0.05) is 6.54 Å². The molecule has 4 N–H and O–H groups in total. The molecule has 0 saturated heterocycles. The molecule has 0 radical (unpaired) electrons. The van der Waals surface area contributed by atoms with Crippen LogP contribution in [0.3, 0.4) is 0 Å². The number of methoxy groups -OCH3 is 1. The maximum Gasteiger partial charge on any atom is 0.401 e. The number of hydrogen-bond acceptors (Lipinski definition) is 4. The highest BCUT2D eigenvalue weighted by atomic mass is 19.4. The highest BCUT2D eigenvalue weighted by Crippen LogP contribution is 2.20. The van der Waals surface area contributed by atoms with E-state index in [0.717, 1.165) is 0 Å². The van der Waals surface area contributed by atoms with E-state index in [0.29, 0.717) is 16.9 Å². The second kappa shape index (κ2) is 6.28. The summed E-state index contributed by atoms with van der Waals surface area (Å²) in [4.78, 5) is 0. The molecule has 0 spiro atoms. The normalized spacial score (nSPS) is 12.5. The third-order valence-corrected chi connectivity index (χ3v) is 2.30. The number of benzene rings is 1. The number of hydrogen-bond donors (Lipinski definition) is 3. The van der Waals surface area contributed by atoms with Gasteiger partial charge in [-0.1, -0.05) is 11.2 Å². The minimum atomic E-state index is -4.26. The first-order valence-electron chi connectivity index (χ1n) is 5.29. The molecular weight excluding hydrogens is 263 g/mol. The van der Waals surface area contributed by atoms with Crippen LogP contribution >= 0.6 is 0 Å². The van der Waals surface area contributed by atoms with Crippen LogP contribution in [0.15, 0.2) is 23.4 Å². The van der Waals surface area contributed by atoms with E-state index in [4.69, 9.17) is 15.7 Å². The first-order chi connectivity index (χ1) is 8.87. The van der Waals surface area contributed by atoms with Gasteiger partial charge in [0.1, 0.15) is 5.75 Å². The molecule has 1 aromatic rings. The molecule has 19 heavy (non-hydrogen) atoms. The molecule has 0 aliphatic heterocycles. The maximum absolute atomic E-state index is 12.0. The smallest absolute Gasteiger partial charge is 0.401 e. The van der Waals surface area contributed by atoms with Crippen molar-refractivity contribution in [3.05, 3.63) is 29.3 Å². The van der Waals surface area contributed by atoms with Gasteiger partial charge in [0.05, 0.1) is 19.2 Å². The molecule has 8 heteroatoms. The molecule has 0 heterocycles. The van der Waals surface area contributed by atoms with Crippen molar-refractivity contribution < 1.29 is 23.1 Å². The van der Waals surface area contributed by atoms with E-state index in [1.807, 2.05) is 0 Å². The van der Waals surface area contributed by atoms with Crippen LogP contribution in [0.1, 0.15) is 11.1 Å². The van der Waals surface area contributed by atoms with Crippen molar-refractivity contribution in [3.63, 3.8) is 0 Å². The van der Waals surface area contributed by atoms with Crippen molar-refractivity contribution >= 4 is 5.84 Å². The van der Waals surface area contributed by atoms with Crippen molar-refractivity contribution in [1.29, 1.82) is 0 Å². The summed E-state index contributed by atoms with van der Waals surface area (Å²) in [6.45, 7) is -1.08. The Labute approximate surface area is 107 Å². The SMILES string of the molecule is COc1ccc(CNCC(F)(F)F)cc1C(N)=NO. The molecule has 0 fully saturated rings. The molecule has 1 rings (SSSR count). The highest BCUT2D eigenvalue weighted by Gasteiger charge is 2.26. The minimum absolute atomic E-state index is 0.00914. The van der Waals surface area contributed by atoms with Crippen molar-refractivity contribution in [1.82, 2.24) is 5.32 Å². The number of nitrogens with two attached hydrogens (primary N) is 1. The van der Waals surface area contributed by atoms with Crippen molar-refractivity contribution in [2.45, 2.75) is 12.7 Å². The van der Waals surface area contributed by atoms with E-state index in [-0.39, 0.29) is 12.4 Å². The highest BCUT2D eigenvalue weighted by molar-refractivity contribution is 5.99. The number of oxime groups is 1. The van der Waals surface area contributed by atoms with Gasteiger partial charge in [-0.3, -0.25) is 0 Å². The molecule has 106 valence electrons. The summed E-state index contributed by atoms with van der Waals surface area (Å²) in [6.07, 6.45) is -4.26. The quantitative estimate of drug-likeness (QED) is 0.329. The second-order valence-electron chi connectivity index (χ2n) is 3.74. The molecular formula is C11H14F3N3O2. The van der Waals surface area contributed by atoms with Crippen molar-refractivity contribution in [2.24, 2.45) is 10.9 Å². The predicted molar refractivity (Wildman–Crippen MR) is 63.3 cm³/mol. The van der Waals surface area contributed by atoms with E-state index < -0.39 is 12.7 Å². The summed E-state index contributed by atoms with van der Waals surface area (Å²) in [5.74, 6) is 0.199. The molecule has 0 unspecified atom stereocenters. The molecule has 5 nitrogen and oxygen atoms in total. The number of rotatable bonds is 5. The Morgan fingerprint density at radius 2 is 2.16 bits per heavy atom. The average molecular weight is 277 g/mol. The molecule has 0 amide bonds. The number of nitrogens with one attached hydrogen (secondary N) is 1. The van der Waals surface area contributed by atoms with Gasteiger partial charge in [-0.05, 0) is 17.7 Å². The Kier molecular flexibility index (Phi) is 4.99. The Bertz CT molecular complexity index is 461. The first-order valence-corrected chi connectivity index (χ1v) is 5.29. The van der Waals surface area contributed by atoms with E-state index in [1.54, 1.807) is 6.07 Å². The molecule has 0 bridgehead atoms.